The highest BCUT2D eigenvalue weighted by molar-refractivity contribution is 7.81. The highest BCUT2D eigenvalue weighted by atomic mass is 32.3. The molecule has 0 aliphatic carbocycles. The van der Waals surface area contributed by atoms with Crippen molar-refractivity contribution in [3.8, 4) is 0 Å². The van der Waals surface area contributed by atoms with Crippen molar-refractivity contribution in [2.75, 3.05) is 13.2 Å². The minimum absolute atomic E-state index is 0.243. The molecule has 224 valence electrons. The van der Waals surface area contributed by atoms with Crippen LogP contribution in [-0.2, 0) is 18.8 Å². The molecule has 2 atom stereocenters. The molecule has 0 rings (SSSR count). The summed E-state index contributed by atoms with van der Waals surface area (Å²) in [6, 6.07) is 0. The predicted molar refractivity (Wildman–Crippen MR) is 161 cm³/mol. The minimum Gasteiger partial charge on any atom is -0.248 e. The lowest BCUT2D eigenvalue weighted by Crippen LogP contribution is -2.12. The van der Waals surface area contributed by atoms with Crippen molar-refractivity contribution in [1.82, 2.24) is 0 Å². The normalized spacial score (nSPS) is 13.7. The van der Waals surface area contributed by atoms with E-state index in [0.29, 0.717) is 0 Å². The van der Waals surface area contributed by atoms with Crippen LogP contribution in [0.4, 0.5) is 0 Å². The molecule has 0 fully saturated rings. The molecule has 0 bridgehead atoms. The lowest BCUT2D eigenvalue weighted by molar-refractivity contribution is 0.207. The topological polar surface area (TPSA) is 52.6 Å². The largest absolute Gasteiger partial charge is 0.399 e. The summed E-state index contributed by atoms with van der Waals surface area (Å²) >= 11 is 0. The first-order valence-corrected chi connectivity index (χ1v) is 17.8. The van der Waals surface area contributed by atoms with Crippen LogP contribution in [0.2, 0.25) is 0 Å². The van der Waals surface area contributed by atoms with Gasteiger partial charge in [-0.2, -0.15) is 8.42 Å². The van der Waals surface area contributed by atoms with Gasteiger partial charge in [0.1, 0.15) is 0 Å². The third-order valence-corrected chi connectivity index (χ3v) is 8.65. The van der Waals surface area contributed by atoms with Gasteiger partial charge in [-0.05, 0) is 24.7 Å². The van der Waals surface area contributed by atoms with Crippen LogP contribution in [0.15, 0.2) is 0 Å². The standard InChI is InChI=1S/C32H66O4S/c1-5-7-9-13-19-25-31(3)27-21-15-11-17-23-29-35-37(33,34)36-30-24-18-12-16-22-28-32(4)26-20-14-10-8-6-2/h31-32H,5-30H2,1-4H3. The van der Waals surface area contributed by atoms with E-state index in [1.165, 1.54) is 116 Å². The van der Waals surface area contributed by atoms with E-state index in [-0.39, 0.29) is 13.2 Å². The van der Waals surface area contributed by atoms with Crippen molar-refractivity contribution in [1.29, 1.82) is 0 Å². The molecule has 0 saturated carbocycles. The van der Waals surface area contributed by atoms with Crippen molar-refractivity contribution >= 4 is 10.4 Å². The van der Waals surface area contributed by atoms with Gasteiger partial charge in [-0.1, -0.05) is 169 Å². The van der Waals surface area contributed by atoms with Gasteiger partial charge < -0.3 is 0 Å². The molecule has 0 aromatic heterocycles. The highest BCUT2D eigenvalue weighted by Crippen LogP contribution is 2.19. The summed E-state index contributed by atoms with van der Waals surface area (Å²) in [6.45, 7) is 9.79. The maximum atomic E-state index is 11.9. The molecule has 0 amide bonds. The molecule has 0 saturated heterocycles. The van der Waals surface area contributed by atoms with E-state index < -0.39 is 10.4 Å². The number of unbranched alkanes of at least 4 members (excludes halogenated alkanes) is 16. The zero-order chi connectivity index (χ0) is 27.5. The first-order valence-electron chi connectivity index (χ1n) is 16.4. The average Bonchev–Trinajstić information content (AvgIpc) is 2.86. The quantitative estimate of drug-likeness (QED) is 0.0841. The van der Waals surface area contributed by atoms with Gasteiger partial charge >= 0.3 is 10.4 Å². The Labute approximate surface area is 233 Å². The molecule has 5 heteroatoms. The SMILES string of the molecule is CCCCCCCC(C)CCCCCCCOS(=O)(=O)OCCCCCCCC(C)CCCCCCC. The van der Waals surface area contributed by atoms with E-state index in [1.807, 2.05) is 0 Å². The van der Waals surface area contributed by atoms with Crippen LogP contribution in [0.5, 0.6) is 0 Å². The monoisotopic (exact) mass is 546 g/mol. The zero-order valence-corrected chi connectivity index (χ0v) is 26.4. The Morgan fingerprint density at radius 2 is 0.703 bits per heavy atom. The van der Waals surface area contributed by atoms with E-state index >= 15 is 0 Å². The fourth-order valence-electron chi connectivity index (χ4n) is 5.09. The Balaban J connectivity index is 3.45. The molecule has 0 spiro atoms. The molecule has 0 aromatic rings. The maximum absolute atomic E-state index is 11.9. The van der Waals surface area contributed by atoms with Crippen LogP contribution in [0.1, 0.15) is 182 Å². The van der Waals surface area contributed by atoms with Crippen LogP contribution >= 0.6 is 0 Å². The molecule has 4 nitrogen and oxygen atoms in total. The Kier molecular flexibility index (Phi) is 27.3. The highest BCUT2D eigenvalue weighted by Gasteiger charge is 2.11. The predicted octanol–water partition coefficient (Wildman–Crippen LogP) is 10.9. The summed E-state index contributed by atoms with van der Waals surface area (Å²) in [5.74, 6) is 1.68. The summed E-state index contributed by atoms with van der Waals surface area (Å²) in [5.41, 5.74) is 0. The van der Waals surface area contributed by atoms with Gasteiger partial charge in [-0.25, -0.2) is 8.37 Å². The van der Waals surface area contributed by atoms with Gasteiger partial charge in [0.2, 0.25) is 0 Å². The van der Waals surface area contributed by atoms with Crippen LogP contribution in [-0.4, -0.2) is 21.6 Å². The van der Waals surface area contributed by atoms with Crippen molar-refractivity contribution in [3.05, 3.63) is 0 Å². The first-order chi connectivity index (χ1) is 17.9. The second-order valence-electron chi connectivity index (χ2n) is 11.8. The second kappa shape index (κ2) is 27.4. The van der Waals surface area contributed by atoms with Gasteiger partial charge in [0.05, 0.1) is 13.2 Å². The zero-order valence-electron chi connectivity index (χ0n) is 25.6. The molecule has 0 N–H and O–H groups in total. The van der Waals surface area contributed by atoms with Crippen LogP contribution in [0.3, 0.4) is 0 Å². The van der Waals surface area contributed by atoms with Crippen LogP contribution < -0.4 is 0 Å². The van der Waals surface area contributed by atoms with E-state index in [4.69, 9.17) is 8.37 Å². The summed E-state index contributed by atoms with van der Waals surface area (Å²) in [6.07, 6.45) is 30.1. The molecule has 37 heavy (non-hydrogen) atoms. The van der Waals surface area contributed by atoms with Gasteiger partial charge in [0.15, 0.2) is 0 Å². The smallest absolute Gasteiger partial charge is 0.248 e. The molecule has 0 aliphatic heterocycles. The molecule has 0 aromatic carbocycles. The van der Waals surface area contributed by atoms with Crippen molar-refractivity contribution in [2.45, 2.75) is 182 Å². The van der Waals surface area contributed by atoms with Crippen molar-refractivity contribution < 1.29 is 16.8 Å². The van der Waals surface area contributed by atoms with Gasteiger partial charge in [0.25, 0.3) is 0 Å². The average molecular weight is 547 g/mol. The maximum Gasteiger partial charge on any atom is 0.399 e. The van der Waals surface area contributed by atoms with Crippen molar-refractivity contribution in [3.63, 3.8) is 0 Å². The Morgan fingerprint density at radius 3 is 1.03 bits per heavy atom. The number of rotatable bonds is 30. The second-order valence-corrected chi connectivity index (χ2v) is 13.1. The summed E-state index contributed by atoms with van der Waals surface area (Å²) in [5, 5.41) is 0. The minimum atomic E-state index is -3.83. The van der Waals surface area contributed by atoms with Gasteiger partial charge in [-0.3, -0.25) is 0 Å². The molecule has 0 aliphatic rings. The summed E-state index contributed by atoms with van der Waals surface area (Å²) in [4.78, 5) is 0. The molecule has 0 heterocycles. The van der Waals surface area contributed by atoms with Crippen LogP contribution in [0, 0.1) is 11.8 Å². The third-order valence-electron chi connectivity index (χ3n) is 7.74. The van der Waals surface area contributed by atoms with Crippen molar-refractivity contribution in [2.24, 2.45) is 11.8 Å². The molecular formula is C32H66O4S. The fraction of sp³-hybridized carbons (Fsp3) is 1.00. The Morgan fingerprint density at radius 1 is 0.432 bits per heavy atom. The Bertz CT molecular complexity index is 507. The fourth-order valence-corrected chi connectivity index (χ4v) is 5.80. The molecule has 0 radical (unpaired) electrons. The lowest BCUT2D eigenvalue weighted by atomic mass is 9.96. The van der Waals surface area contributed by atoms with Gasteiger partial charge in [-0.15, -0.1) is 0 Å². The first kappa shape index (κ1) is 36.9. The number of hydrogen-bond donors (Lipinski definition) is 0. The van der Waals surface area contributed by atoms with Gasteiger partial charge in [0, 0.05) is 0 Å². The van der Waals surface area contributed by atoms with E-state index in [1.54, 1.807) is 0 Å². The molecule has 2 unspecified atom stereocenters. The third kappa shape index (κ3) is 28.7. The lowest BCUT2D eigenvalue weighted by Gasteiger charge is -2.11. The van der Waals surface area contributed by atoms with E-state index in [9.17, 15) is 8.42 Å². The Hall–Kier alpha value is -0.130. The summed E-state index contributed by atoms with van der Waals surface area (Å²) < 4.78 is 33.8. The van der Waals surface area contributed by atoms with Crippen LogP contribution in [0.25, 0.3) is 0 Å². The number of hydrogen-bond acceptors (Lipinski definition) is 4. The van der Waals surface area contributed by atoms with E-state index in [2.05, 4.69) is 27.7 Å². The molecular weight excluding hydrogens is 480 g/mol. The summed E-state index contributed by atoms with van der Waals surface area (Å²) in [7, 11) is -3.83. The van der Waals surface area contributed by atoms with E-state index in [0.717, 1.165) is 50.4 Å².